The number of hydrogen-bond acceptors (Lipinski definition) is 2. The molecule has 0 bridgehead atoms. The zero-order chi connectivity index (χ0) is 14.0. The summed E-state index contributed by atoms with van der Waals surface area (Å²) in [5, 5.41) is 0.571. The molecule has 0 heterocycles. The second-order valence-electron chi connectivity index (χ2n) is 4.43. The molecule has 100 valence electrons. The molecule has 0 amide bonds. The van der Waals surface area contributed by atoms with Gasteiger partial charge in [0, 0.05) is 4.47 Å². The molecule has 1 unspecified atom stereocenters. The Bertz CT molecular complexity index is 580. The molecule has 0 radical (unpaired) electrons. The minimum atomic E-state index is -0.209. The van der Waals surface area contributed by atoms with Crippen LogP contribution < -0.4 is 10.5 Å². The lowest BCUT2D eigenvalue weighted by molar-refractivity contribution is 0.415. The Hall–Kier alpha value is -1.03. The van der Waals surface area contributed by atoms with Crippen LogP contribution in [0.25, 0.3) is 0 Å². The Morgan fingerprint density at radius 1 is 1.16 bits per heavy atom. The molecule has 2 rings (SSSR count). The molecule has 0 aliphatic rings. The van der Waals surface area contributed by atoms with Gasteiger partial charge >= 0.3 is 0 Å². The summed E-state index contributed by atoms with van der Waals surface area (Å²) >= 11 is 9.62. The Balaban J connectivity index is 2.38. The molecule has 0 aliphatic heterocycles. The van der Waals surface area contributed by atoms with E-state index in [0.717, 1.165) is 15.6 Å². The zero-order valence-corrected chi connectivity index (χ0v) is 13.1. The van der Waals surface area contributed by atoms with Crippen LogP contribution in [0.3, 0.4) is 0 Å². The standard InChI is InChI=1S/C15H15BrClNO/c1-9-5-11(7-12(16)6-9)15(18)10-3-4-14(19-2)13(17)8-10/h3-8,15H,18H2,1-2H3. The second-order valence-corrected chi connectivity index (χ2v) is 5.76. The largest absolute Gasteiger partial charge is 0.495 e. The minimum absolute atomic E-state index is 0.209. The number of halogens is 2. The summed E-state index contributed by atoms with van der Waals surface area (Å²) in [5.74, 6) is 0.656. The van der Waals surface area contributed by atoms with Gasteiger partial charge in [0.15, 0.2) is 0 Å². The molecule has 2 aromatic carbocycles. The average molecular weight is 341 g/mol. The van der Waals surface area contributed by atoms with Crippen LogP contribution in [0.15, 0.2) is 40.9 Å². The third-order valence-electron chi connectivity index (χ3n) is 2.96. The van der Waals surface area contributed by atoms with E-state index in [4.69, 9.17) is 22.1 Å². The van der Waals surface area contributed by atoms with Crippen molar-refractivity contribution >= 4 is 27.5 Å². The lowest BCUT2D eigenvalue weighted by atomic mass is 9.98. The molecule has 0 aromatic heterocycles. The number of benzene rings is 2. The van der Waals surface area contributed by atoms with Gasteiger partial charge in [0.2, 0.25) is 0 Å². The highest BCUT2D eigenvalue weighted by Gasteiger charge is 2.12. The normalized spacial score (nSPS) is 12.3. The predicted molar refractivity (Wildman–Crippen MR) is 82.9 cm³/mol. The predicted octanol–water partition coefficient (Wildman–Crippen LogP) is 4.47. The first kappa shape index (κ1) is 14.4. The molecule has 2 N–H and O–H groups in total. The van der Waals surface area contributed by atoms with E-state index >= 15 is 0 Å². The molecule has 4 heteroatoms. The Morgan fingerprint density at radius 3 is 2.47 bits per heavy atom. The van der Waals surface area contributed by atoms with Crippen molar-refractivity contribution in [2.75, 3.05) is 7.11 Å². The van der Waals surface area contributed by atoms with Gasteiger partial charge in [0.05, 0.1) is 18.2 Å². The number of rotatable bonds is 3. The monoisotopic (exact) mass is 339 g/mol. The molecule has 0 saturated carbocycles. The third-order valence-corrected chi connectivity index (χ3v) is 3.71. The van der Waals surface area contributed by atoms with Gasteiger partial charge in [0.25, 0.3) is 0 Å². The number of aryl methyl sites for hydroxylation is 1. The molecule has 2 nitrogen and oxygen atoms in total. The van der Waals surface area contributed by atoms with Crippen LogP contribution in [0.5, 0.6) is 5.75 Å². The van der Waals surface area contributed by atoms with Crippen molar-refractivity contribution in [2.24, 2.45) is 5.73 Å². The maximum absolute atomic E-state index is 6.29. The topological polar surface area (TPSA) is 35.2 Å². The summed E-state index contributed by atoms with van der Waals surface area (Å²) < 4.78 is 6.17. The van der Waals surface area contributed by atoms with Crippen LogP contribution >= 0.6 is 27.5 Å². The highest BCUT2D eigenvalue weighted by molar-refractivity contribution is 9.10. The van der Waals surface area contributed by atoms with Gasteiger partial charge in [-0.3, -0.25) is 0 Å². The van der Waals surface area contributed by atoms with Crippen molar-refractivity contribution < 1.29 is 4.74 Å². The number of nitrogens with two attached hydrogens (primary N) is 1. The van der Waals surface area contributed by atoms with E-state index in [0.29, 0.717) is 10.8 Å². The summed E-state index contributed by atoms with van der Waals surface area (Å²) in [6.07, 6.45) is 0. The van der Waals surface area contributed by atoms with Crippen LogP contribution in [0.4, 0.5) is 0 Å². The first-order valence-electron chi connectivity index (χ1n) is 5.87. The number of hydrogen-bond donors (Lipinski definition) is 1. The van der Waals surface area contributed by atoms with Crippen molar-refractivity contribution in [3.63, 3.8) is 0 Å². The first-order chi connectivity index (χ1) is 9.01. The van der Waals surface area contributed by atoms with Gasteiger partial charge in [-0.25, -0.2) is 0 Å². The second kappa shape index (κ2) is 5.95. The van der Waals surface area contributed by atoms with Crippen molar-refractivity contribution in [3.8, 4) is 5.75 Å². The average Bonchev–Trinajstić information content (AvgIpc) is 2.36. The smallest absolute Gasteiger partial charge is 0.137 e. The summed E-state index contributed by atoms with van der Waals surface area (Å²) in [4.78, 5) is 0. The van der Waals surface area contributed by atoms with E-state index in [2.05, 4.69) is 28.1 Å². The fourth-order valence-electron chi connectivity index (χ4n) is 2.01. The summed E-state index contributed by atoms with van der Waals surface area (Å²) in [5.41, 5.74) is 9.47. The van der Waals surface area contributed by atoms with Crippen LogP contribution in [0, 0.1) is 6.92 Å². The molecular weight excluding hydrogens is 326 g/mol. The SMILES string of the molecule is COc1ccc(C(N)c2cc(C)cc(Br)c2)cc1Cl. The van der Waals surface area contributed by atoms with E-state index in [-0.39, 0.29) is 6.04 Å². The third kappa shape index (κ3) is 3.30. The van der Waals surface area contributed by atoms with Crippen LogP contribution in [0.1, 0.15) is 22.7 Å². The highest BCUT2D eigenvalue weighted by Crippen LogP contribution is 2.30. The van der Waals surface area contributed by atoms with E-state index in [1.54, 1.807) is 7.11 Å². The molecular formula is C15H15BrClNO. The van der Waals surface area contributed by atoms with E-state index in [1.165, 1.54) is 5.56 Å². The molecule has 0 aliphatic carbocycles. The summed E-state index contributed by atoms with van der Waals surface area (Å²) in [6.45, 7) is 2.04. The summed E-state index contributed by atoms with van der Waals surface area (Å²) in [6, 6.07) is 11.6. The molecule has 0 saturated heterocycles. The Kier molecular flexibility index (Phi) is 4.50. The lowest BCUT2D eigenvalue weighted by Gasteiger charge is -2.15. The van der Waals surface area contributed by atoms with Crippen molar-refractivity contribution in [1.82, 2.24) is 0 Å². The van der Waals surface area contributed by atoms with Crippen molar-refractivity contribution in [1.29, 1.82) is 0 Å². The van der Waals surface area contributed by atoms with Crippen LogP contribution in [0.2, 0.25) is 5.02 Å². The maximum Gasteiger partial charge on any atom is 0.137 e. The van der Waals surface area contributed by atoms with E-state index in [1.807, 2.05) is 31.2 Å². The van der Waals surface area contributed by atoms with Gasteiger partial charge < -0.3 is 10.5 Å². The van der Waals surface area contributed by atoms with Gasteiger partial charge in [-0.1, -0.05) is 39.7 Å². The number of ether oxygens (including phenoxy) is 1. The summed E-state index contributed by atoms with van der Waals surface area (Å²) in [7, 11) is 1.60. The van der Waals surface area contributed by atoms with E-state index < -0.39 is 0 Å². The fourth-order valence-corrected chi connectivity index (χ4v) is 2.90. The quantitative estimate of drug-likeness (QED) is 0.895. The van der Waals surface area contributed by atoms with Crippen LogP contribution in [-0.4, -0.2) is 7.11 Å². The highest BCUT2D eigenvalue weighted by atomic mass is 79.9. The van der Waals surface area contributed by atoms with Crippen molar-refractivity contribution in [2.45, 2.75) is 13.0 Å². The maximum atomic E-state index is 6.29. The van der Waals surface area contributed by atoms with Gasteiger partial charge in [-0.2, -0.15) is 0 Å². The number of methoxy groups -OCH3 is 1. The van der Waals surface area contributed by atoms with E-state index in [9.17, 15) is 0 Å². The lowest BCUT2D eigenvalue weighted by Crippen LogP contribution is -2.12. The molecule has 19 heavy (non-hydrogen) atoms. The Morgan fingerprint density at radius 2 is 1.89 bits per heavy atom. The Labute approximate surface area is 126 Å². The fraction of sp³-hybridized carbons (Fsp3) is 0.200. The van der Waals surface area contributed by atoms with Crippen LogP contribution in [-0.2, 0) is 0 Å². The van der Waals surface area contributed by atoms with Gasteiger partial charge in [-0.15, -0.1) is 0 Å². The molecule has 0 fully saturated rings. The molecule has 0 spiro atoms. The zero-order valence-electron chi connectivity index (χ0n) is 10.8. The van der Waals surface area contributed by atoms with Gasteiger partial charge in [0.1, 0.15) is 5.75 Å². The van der Waals surface area contributed by atoms with Crippen molar-refractivity contribution in [3.05, 3.63) is 62.6 Å². The molecule has 1 atom stereocenters. The minimum Gasteiger partial charge on any atom is -0.495 e. The molecule has 2 aromatic rings. The first-order valence-corrected chi connectivity index (χ1v) is 7.04. The van der Waals surface area contributed by atoms with Gasteiger partial charge in [-0.05, 0) is 47.9 Å².